The Kier molecular flexibility index (Phi) is 4.90. The molecule has 1 N–H and O–H groups in total. The molecule has 23 heavy (non-hydrogen) atoms. The first kappa shape index (κ1) is 16.3. The van der Waals surface area contributed by atoms with Gasteiger partial charge >= 0.3 is 0 Å². The van der Waals surface area contributed by atoms with Gasteiger partial charge in [-0.3, -0.25) is 9.69 Å². The number of halogens is 2. The van der Waals surface area contributed by atoms with Gasteiger partial charge in [0.05, 0.1) is 22.6 Å². The van der Waals surface area contributed by atoms with Gasteiger partial charge in [0.1, 0.15) is 0 Å². The maximum Gasteiger partial charge on any atom is 0.239 e. The van der Waals surface area contributed by atoms with E-state index >= 15 is 0 Å². The normalized spacial score (nSPS) is 18.3. The first-order valence-corrected chi connectivity index (χ1v) is 8.26. The average molecular weight is 353 g/mol. The average Bonchev–Trinajstić information content (AvgIpc) is 3.10. The van der Waals surface area contributed by atoms with E-state index in [0.717, 1.165) is 19.4 Å². The van der Waals surface area contributed by atoms with Crippen molar-refractivity contribution in [2.24, 2.45) is 7.05 Å². The molecule has 0 aromatic carbocycles. The molecule has 122 valence electrons. The maximum atomic E-state index is 12.3. The number of aromatic nitrogens is 2. The molecular formula is C16H18Cl2N4O. The number of carbonyl (C=O) groups excluding carboxylic acids is 1. The molecule has 7 heteroatoms. The molecule has 1 fully saturated rings. The lowest BCUT2D eigenvalue weighted by Crippen LogP contribution is -2.33. The number of rotatable bonds is 4. The molecule has 1 atom stereocenters. The summed E-state index contributed by atoms with van der Waals surface area (Å²) in [5.74, 6) is 0.221. The topological polar surface area (TPSA) is 50.2 Å². The highest BCUT2D eigenvalue weighted by Crippen LogP contribution is 2.31. The lowest BCUT2D eigenvalue weighted by atomic mass is 10.1. The third-order valence-electron chi connectivity index (χ3n) is 4.10. The van der Waals surface area contributed by atoms with Crippen molar-refractivity contribution < 1.29 is 4.79 Å². The van der Waals surface area contributed by atoms with Crippen molar-refractivity contribution in [1.29, 1.82) is 0 Å². The molecule has 0 radical (unpaired) electrons. The number of likely N-dealkylation sites (tertiary alicyclic amines) is 1. The molecule has 0 aliphatic carbocycles. The lowest BCUT2D eigenvalue weighted by Gasteiger charge is -2.24. The third-order valence-corrected chi connectivity index (χ3v) is 4.60. The molecule has 1 aliphatic rings. The van der Waals surface area contributed by atoms with Gasteiger partial charge in [0.25, 0.3) is 0 Å². The van der Waals surface area contributed by atoms with Crippen LogP contribution in [0.5, 0.6) is 0 Å². The number of anilines is 1. The number of nitrogens with zero attached hydrogens (tertiary/aromatic N) is 3. The van der Waals surface area contributed by atoms with Crippen molar-refractivity contribution in [2.75, 3.05) is 18.4 Å². The van der Waals surface area contributed by atoms with E-state index < -0.39 is 0 Å². The SMILES string of the molecule is Cn1cccc1[C@H]1CCCN1CC(=O)Nc1ncc(Cl)cc1Cl. The molecule has 0 bridgehead atoms. The van der Waals surface area contributed by atoms with Crippen LogP contribution in [0.15, 0.2) is 30.6 Å². The fourth-order valence-corrected chi connectivity index (χ4v) is 3.46. The number of amides is 1. The Hall–Kier alpha value is -1.56. The zero-order chi connectivity index (χ0) is 16.4. The van der Waals surface area contributed by atoms with Crippen molar-refractivity contribution in [3.05, 3.63) is 46.3 Å². The van der Waals surface area contributed by atoms with Crippen LogP contribution in [-0.2, 0) is 11.8 Å². The molecule has 3 heterocycles. The second-order valence-corrected chi connectivity index (χ2v) is 6.55. The molecule has 2 aromatic rings. The van der Waals surface area contributed by atoms with Gasteiger partial charge in [-0.05, 0) is 37.6 Å². The zero-order valence-electron chi connectivity index (χ0n) is 12.8. The number of aryl methyl sites for hydroxylation is 1. The lowest BCUT2D eigenvalue weighted by molar-refractivity contribution is -0.117. The van der Waals surface area contributed by atoms with Crippen LogP contribution in [0.25, 0.3) is 0 Å². The van der Waals surface area contributed by atoms with Gasteiger partial charge in [-0.1, -0.05) is 23.2 Å². The Bertz CT molecular complexity index is 716. The molecule has 3 rings (SSSR count). The van der Waals surface area contributed by atoms with Crippen LogP contribution in [0.3, 0.4) is 0 Å². The van der Waals surface area contributed by atoms with Crippen molar-refractivity contribution in [2.45, 2.75) is 18.9 Å². The minimum absolute atomic E-state index is 0.122. The van der Waals surface area contributed by atoms with Crippen LogP contribution in [-0.4, -0.2) is 33.4 Å². The minimum Gasteiger partial charge on any atom is -0.353 e. The second-order valence-electron chi connectivity index (χ2n) is 5.70. The van der Waals surface area contributed by atoms with E-state index in [9.17, 15) is 4.79 Å². The highest BCUT2D eigenvalue weighted by molar-refractivity contribution is 6.36. The summed E-state index contributed by atoms with van der Waals surface area (Å²) in [6, 6.07) is 5.98. The summed E-state index contributed by atoms with van der Waals surface area (Å²) in [6.45, 7) is 1.22. The molecule has 0 spiro atoms. The van der Waals surface area contributed by atoms with E-state index in [1.807, 2.05) is 19.3 Å². The van der Waals surface area contributed by atoms with Gasteiger partial charge in [-0.25, -0.2) is 4.98 Å². The summed E-state index contributed by atoms with van der Waals surface area (Å²) in [7, 11) is 2.03. The number of nitrogens with one attached hydrogen (secondary N) is 1. The second kappa shape index (κ2) is 6.91. The fraction of sp³-hybridized carbons (Fsp3) is 0.375. The highest BCUT2D eigenvalue weighted by atomic mass is 35.5. The molecule has 1 amide bonds. The molecule has 0 unspecified atom stereocenters. The van der Waals surface area contributed by atoms with Crippen molar-refractivity contribution >= 4 is 34.9 Å². The Labute approximate surface area is 145 Å². The quantitative estimate of drug-likeness (QED) is 0.915. The van der Waals surface area contributed by atoms with Gasteiger partial charge in [-0.15, -0.1) is 0 Å². The Balaban J connectivity index is 1.66. The summed E-state index contributed by atoms with van der Waals surface area (Å²) >= 11 is 11.9. The highest BCUT2D eigenvalue weighted by Gasteiger charge is 2.29. The Morgan fingerprint density at radius 3 is 3.00 bits per heavy atom. The summed E-state index contributed by atoms with van der Waals surface area (Å²) in [5.41, 5.74) is 1.23. The molecule has 2 aromatic heterocycles. The van der Waals surface area contributed by atoms with E-state index in [1.54, 1.807) is 6.07 Å². The zero-order valence-corrected chi connectivity index (χ0v) is 14.3. The fourth-order valence-electron chi connectivity index (χ4n) is 3.03. The van der Waals surface area contributed by atoms with E-state index in [0.29, 0.717) is 22.4 Å². The Morgan fingerprint density at radius 1 is 1.48 bits per heavy atom. The molecule has 5 nitrogen and oxygen atoms in total. The van der Waals surface area contributed by atoms with Crippen molar-refractivity contribution in [3.8, 4) is 0 Å². The molecule has 0 saturated carbocycles. The maximum absolute atomic E-state index is 12.3. The molecule has 1 aliphatic heterocycles. The van der Waals surface area contributed by atoms with Gasteiger partial charge < -0.3 is 9.88 Å². The summed E-state index contributed by atoms with van der Waals surface area (Å²) in [5, 5.41) is 3.54. The van der Waals surface area contributed by atoms with Crippen LogP contribution >= 0.6 is 23.2 Å². The van der Waals surface area contributed by atoms with Gasteiger partial charge in [0.2, 0.25) is 5.91 Å². The van der Waals surface area contributed by atoms with E-state index in [1.165, 1.54) is 11.9 Å². The van der Waals surface area contributed by atoms with E-state index in [-0.39, 0.29) is 11.9 Å². The minimum atomic E-state index is -0.122. The predicted octanol–water partition coefficient (Wildman–Crippen LogP) is 3.50. The standard InChI is InChI=1S/C16H18Cl2N4O/c1-21-6-2-4-13(21)14-5-3-7-22(14)10-15(23)20-16-12(18)8-11(17)9-19-16/h2,4,6,8-9,14H,3,5,7,10H2,1H3,(H,19,20,23)/t14-/m1/s1. The summed E-state index contributed by atoms with van der Waals surface area (Å²) < 4.78 is 2.11. The van der Waals surface area contributed by atoms with Gasteiger partial charge in [0, 0.05) is 25.1 Å². The monoisotopic (exact) mass is 352 g/mol. The Morgan fingerprint density at radius 2 is 2.30 bits per heavy atom. The van der Waals surface area contributed by atoms with Crippen LogP contribution in [0.2, 0.25) is 10.0 Å². The predicted molar refractivity (Wildman–Crippen MR) is 91.8 cm³/mol. The number of hydrogen-bond donors (Lipinski definition) is 1. The molecular weight excluding hydrogens is 335 g/mol. The smallest absolute Gasteiger partial charge is 0.239 e. The van der Waals surface area contributed by atoms with E-state index in [2.05, 4.69) is 25.8 Å². The number of hydrogen-bond acceptors (Lipinski definition) is 3. The first-order chi connectivity index (χ1) is 11.0. The largest absolute Gasteiger partial charge is 0.353 e. The first-order valence-electron chi connectivity index (χ1n) is 7.51. The van der Waals surface area contributed by atoms with Gasteiger partial charge in [0.15, 0.2) is 5.82 Å². The summed E-state index contributed by atoms with van der Waals surface area (Å²) in [4.78, 5) is 18.6. The van der Waals surface area contributed by atoms with E-state index in [4.69, 9.17) is 23.2 Å². The van der Waals surface area contributed by atoms with Crippen molar-refractivity contribution in [3.63, 3.8) is 0 Å². The van der Waals surface area contributed by atoms with Crippen molar-refractivity contribution in [1.82, 2.24) is 14.5 Å². The number of pyridine rings is 1. The van der Waals surface area contributed by atoms with Crippen LogP contribution < -0.4 is 5.32 Å². The summed E-state index contributed by atoms with van der Waals surface area (Å²) in [6.07, 6.45) is 5.64. The number of carbonyl (C=O) groups is 1. The van der Waals surface area contributed by atoms with Crippen LogP contribution in [0, 0.1) is 0 Å². The van der Waals surface area contributed by atoms with Crippen LogP contribution in [0.1, 0.15) is 24.6 Å². The van der Waals surface area contributed by atoms with Crippen LogP contribution in [0.4, 0.5) is 5.82 Å². The third kappa shape index (κ3) is 3.68. The van der Waals surface area contributed by atoms with Gasteiger partial charge in [-0.2, -0.15) is 0 Å². The molecule has 1 saturated heterocycles.